The standard InChI is InChI=1S/C23H37N/c1-10-24-21-13-19(11-12-20(21)17(2)3)16-23(8,9)15-18(4)14-22(5,6)7/h10-13,18,24H,1-2,14-16H2,3-9H3. The van der Waals surface area contributed by atoms with E-state index in [0.717, 1.165) is 29.2 Å². The lowest BCUT2D eigenvalue weighted by Crippen LogP contribution is -2.21. The normalized spacial score (nSPS) is 13.5. The molecule has 1 N–H and O–H groups in total. The maximum Gasteiger partial charge on any atom is 0.0458 e. The average Bonchev–Trinajstić information content (AvgIpc) is 2.34. The highest BCUT2D eigenvalue weighted by Crippen LogP contribution is 2.36. The molecule has 0 spiro atoms. The molecule has 1 aromatic rings. The van der Waals surface area contributed by atoms with Gasteiger partial charge in [0.25, 0.3) is 0 Å². The van der Waals surface area contributed by atoms with Crippen molar-refractivity contribution in [2.24, 2.45) is 16.7 Å². The summed E-state index contributed by atoms with van der Waals surface area (Å²) < 4.78 is 0. The van der Waals surface area contributed by atoms with Gasteiger partial charge in [0, 0.05) is 11.3 Å². The molecule has 1 heteroatoms. The zero-order valence-electron chi connectivity index (χ0n) is 16.9. The summed E-state index contributed by atoms with van der Waals surface area (Å²) in [5, 5.41) is 3.26. The van der Waals surface area contributed by atoms with Crippen molar-refractivity contribution >= 4 is 11.3 Å². The Morgan fingerprint density at radius 2 is 1.79 bits per heavy atom. The number of anilines is 1. The summed E-state index contributed by atoms with van der Waals surface area (Å²) in [6.45, 7) is 24.1. The number of benzene rings is 1. The first-order valence-electron chi connectivity index (χ1n) is 9.10. The van der Waals surface area contributed by atoms with Crippen molar-refractivity contribution in [1.29, 1.82) is 0 Å². The maximum absolute atomic E-state index is 4.07. The van der Waals surface area contributed by atoms with Gasteiger partial charge in [-0.2, -0.15) is 0 Å². The molecule has 1 atom stereocenters. The smallest absolute Gasteiger partial charge is 0.0458 e. The third kappa shape index (κ3) is 6.95. The summed E-state index contributed by atoms with van der Waals surface area (Å²) >= 11 is 0. The zero-order chi connectivity index (χ0) is 18.5. The number of nitrogens with one attached hydrogen (secondary N) is 1. The van der Waals surface area contributed by atoms with E-state index in [0.29, 0.717) is 10.8 Å². The van der Waals surface area contributed by atoms with Crippen LogP contribution in [0.3, 0.4) is 0 Å². The van der Waals surface area contributed by atoms with Crippen LogP contribution in [0, 0.1) is 16.7 Å². The van der Waals surface area contributed by atoms with E-state index in [-0.39, 0.29) is 0 Å². The van der Waals surface area contributed by atoms with Crippen molar-refractivity contribution in [2.45, 2.75) is 67.7 Å². The van der Waals surface area contributed by atoms with Gasteiger partial charge in [0.15, 0.2) is 0 Å². The predicted octanol–water partition coefficient (Wildman–Crippen LogP) is 7.31. The molecule has 0 aliphatic rings. The Bertz CT molecular complexity index is 572. The summed E-state index contributed by atoms with van der Waals surface area (Å²) in [5.74, 6) is 0.737. The summed E-state index contributed by atoms with van der Waals surface area (Å²) in [6, 6.07) is 6.68. The van der Waals surface area contributed by atoms with E-state index >= 15 is 0 Å². The largest absolute Gasteiger partial charge is 0.362 e. The number of hydrogen-bond donors (Lipinski definition) is 1. The van der Waals surface area contributed by atoms with E-state index in [9.17, 15) is 0 Å². The molecule has 0 aliphatic carbocycles. The lowest BCUT2D eigenvalue weighted by molar-refractivity contribution is 0.218. The van der Waals surface area contributed by atoms with Crippen molar-refractivity contribution in [2.75, 3.05) is 5.32 Å². The third-order valence-corrected chi connectivity index (χ3v) is 4.35. The molecule has 0 bridgehead atoms. The van der Waals surface area contributed by atoms with Crippen molar-refractivity contribution < 1.29 is 0 Å². The van der Waals surface area contributed by atoms with Crippen LogP contribution < -0.4 is 5.32 Å². The van der Waals surface area contributed by atoms with Gasteiger partial charge in [-0.25, -0.2) is 0 Å². The van der Waals surface area contributed by atoms with E-state index in [1.54, 1.807) is 6.20 Å². The van der Waals surface area contributed by atoms with Gasteiger partial charge in [0.1, 0.15) is 0 Å². The van der Waals surface area contributed by atoms with Crippen molar-refractivity contribution in [1.82, 2.24) is 0 Å². The van der Waals surface area contributed by atoms with Gasteiger partial charge in [-0.1, -0.05) is 66.8 Å². The predicted molar refractivity (Wildman–Crippen MR) is 110 cm³/mol. The summed E-state index contributed by atoms with van der Waals surface area (Å²) in [7, 11) is 0. The van der Waals surface area contributed by atoms with Crippen LogP contribution in [0.5, 0.6) is 0 Å². The van der Waals surface area contributed by atoms with Crippen LogP contribution in [0.1, 0.15) is 72.4 Å². The Labute approximate surface area is 150 Å². The Kier molecular flexibility index (Phi) is 6.89. The van der Waals surface area contributed by atoms with Crippen LogP contribution >= 0.6 is 0 Å². The van der Waals surface area contributed by atoms with Gasteiger partial charge in [0.05, 0.1) is 0 Å². The van der Waals surface area contributed by atoms with Crippen LogP contribution in [0.15, 0.2) is 37.6 Å². The van der Waals surface area contributed by atoms with Gasteiger partial charge in [-0.15, -0.1) is 0 Å². The minimum Gasteiger partial charge on any atom is -0.362 e. The van der Waals surface area contributed by atoms with Gasteiger partial charge in [-0.05, 0) is 66.3 Å². The molecule has 0 radical (unpaired) electrons. The first-order chi connectivity index (χ1) is 10.9. The molecule has 1 unspecified atom stereocenters. The highest BCUT2D eigenvalue weighted by molar-refractivity contribution is 5.75. The Morgan fingerprint density at radius 3 is 2.29 bits per heavy atom. The van der Waals surface area contributed by atoms with Crippen LogP contribution in [-0.4, -0.2) is 0 Å². The first-order valence-corrected chi connectivity index (χ1v) is 9.10. The van der Waals surface area contributed by atoms with E-state index in [2.05, 4.69) is 78.2 Å². The second kappa shape index (κ2) is 8.05. The SMILES string of the molecule is C=CNc1cc(CC(C)(C)CC(C)CC(C)(C)C)ccc1C(=C)C. The number of rotatable bonds is 8. The molecule has 0 fully saturated rings. The van der Waals surface area contributed by atoms with Crippen molar-refractivity contribution in [3.63, 3.8) is 0 Å². The van der Waals surface area contributed by atoms with Gasteiger partial charge < -0.3 is 5.32 Å². The Morgan fingerprint density at radius 1 is 1.17 bits per heavy atom. The van der Waals surface area contributed by atoms with E-state index in [1.165, 1.54) is 18.4 Å². The zero-order valence-corrected chi connectivity index (χ0v) is 16.9. The van der Waals surface area contributed by atoms with Gasteiger partial charge in [-0.3, -0.25) is 0 Å². The highest BCUT2D eigenvalue weighted by atomic mass is 14.8. The van der Waals surface area contributed by atoms with E-state index in [1.807, 2.05) is 6.92 Å². The van der Waals surface area contributed by atoms with Crippen LogP contribution in [0.25, 0.3) is 5.57 Å². The topological polar surface area (TPSA) is 12.0 Å². The Balaban J connectivity index is 2.88. The Hall–Kier alpha value is -1.50. The molecular formula is C23H37N. The van der Waals surface area contributed by atoms with Crippen LogP contribution in [0.2, 0.25) is 0 Å². The van der Waals surface area contributed by atoms with E-state index < -0.39 is 0 Å². The molecule has 0 saturated heterocycles. The van der Waals surface area contributed by atoms with Crippen LogP contribution in [0.4, 0.5) is 5.69 Å². The molecular weight excluding hydrogens is 290 g/mol. The van der Waals surface area contributed by atoms with Crippen molar-refractivity contribution in [3.05, 3.63) is 48.7 Å². The minimum atomic E-state index is 0.293. The quantitative estimate of drug-likeness (QED) is 0.528. The molecule has 0 aromatic heterocycles. The minimum absolute atomic E-state index is 0.293. The van der Waals surface area contributed by atoms with Gasteiger partial charge >= 0.3 is 0 Å². The molecule has 134 valence electrons. The third-order valence-electron chi connectivity index (χ3n) is 4.35. The van der Waals surface area contributed by atoms with Crippen molar-refractivity contribution in [3.8, 4) is 0 Å². The van der Waals surface area contributed by atoms with Crippen LogP contribution in [-0.2, 0) is 6.42 Å². The average molecular weight is 328 g/mol. The maximum atomic E-state index is 4.07. The molecule has 0 heterocycles. The summed E-state index contributed by atoms with van der Waals surface area (Å²) in [5.41, 5.74) is 5.41. The number of allylic oxidation sites excluding steroid dienone is 1. The fourth-order valence-corrected chi connectivity index (χ4v) is 3.99. The molecule has 0 amide bonds. The fourth-order valence-electron chi connectivity index (χ4n) is 3.99. The fraction of sp³-hybridized carbons (Fsp3) is 0.565. The molecule has 0 saturated carbocycles. The summed E-state index contributed by atoms with van der Waals surface area (Å²) in [6.07, 6.45) is 5.34. The molecule has 0 aliphatic heterocycles. The summed E-state index contributed by atoms with van der Waals surface area (Å²) in [4.78, 5) is 0. The molecule has 1 nitrogen and oxygen atoms in total. The second-order valence-corrected chi connectivity index (χ2v) is 9.42. The highest BCUT2D eigenvalue weighted by Gasteiger charge is 2.25. The molecule has 1 aromatic carbocycles. The molecule has 1 rings (SSSR count). The molecule has 24 heavy (non-hydrogen) atoms. The lowest BCUT2D eigenvalue weighted by Gasteiger charge is -2.31. The first kappa shape index (κ1) is 20.5. The van der Waals surface area contributed by atoms with Gasteiger partial charge in [0.2, 0.25) is 0 Å². The number of hydrogen-bond acceptors (Lipinski definition) is 1. The van der Waals surface area contributed by atoms with E-state index in [4.69, 9.17) is 0 Å². The lowest BCUT2D eigenvalue weighted by atomic mass is 9.74. The second-order valence-electron chi connectivity index (χ2n) is 9.42. The monoisotopic (exact) mass is 327 g/mol.